The fourth-order valence-electron chi connectivity index (χ4n) is 4.26. The maximum absolute atomic E-state index is 12.8. The Morgan fingerprint density at radius 3 is 2.80 bits per heavy atom. The molecule has 0 aromatic heterocycles. The van der Waals surface area contributed by atoms with Crippen LogP contribution in [0.3, 0.4) is 0 Å². The van der Waals surface area contributed by atoms with E-state index in [4.69, 9.17) is 0 Å². The Balaban J connectivity index is 1.34. The Labute approximate surface area is 148 Å². The van der Waals surface area contributed by atoms with Gasteiger partial charge in [-0.3, -0.25) is 9.69 Å². The average Bonchev–Trinajstić information content (AvgIpc) is 3.07. The highest BCUT2D eigenvalue weighted by Gasteiger charge is 2.32. The second-order valence-corrected chi connectivity index (χ2v) is 7.29. The number of hydrogen-bond donors (Lipinski definition) is 1. The molecule has 0 saturated carbocycles. The molecule has 0 aliphatic carbocycles. The molecule has 0 spiro atoms. The van der Waals surface area contributed by atoms with Crippen LogP contribution in [0.1, 0.15) is 24.0 Å². The number of urea groups is 1. The highest BCUT2D eigenvalue weighted by atomic mass is 16.2. The van der Waals surface area contributed by atoms with Crippen molar-refractivity contribution in [1.82, 2.24) is 20.0 Å². The van der Waals surface area contributed by atoms with Gasteiger partial charge in [-0.25, -0.2) is 4.79 Å². The molecule has 1 aromatic rings. The van der Waals surface area contributed by atoms with Gasteiger partial charge in [-0.15, -0.1) is 0 Å². The number of rotatable bonds is 3. The van der Waals surface area contributed by atoms with Gasteiger partial charge in [-0.1, -0.05) is 24.3 Å². The third-order valence-corrected chi connectivity index (χ3v) is 5.65. The molecule has 1 aromatic carbocycles. The van der Waals surface area contributed by atoms with Gasteiger partial charge in [0.05, 0.1) is 6.54 Å². The highest BCUT2D eigenvalue weighted by molar-refractivity contribution is 5.79. The maximum Gasteiger partial charge on any atom is 0.317 e. The van der Waals surface area contributed by atoms with Crippen molar-refractivity contribution in [3.63, 3.8) is 0 Å². The molecule has 4 rings (SSSR count). The lowest BCUT2D eigenvalue weighted by Crippen LogP contribution is -2.51. The van der Waals surface area contributed by atoms with Crippen molar-refractivity contribution in [2.24, 2.45) is 0 Å². The summed E-state index contributed by atoms with van der Waals surface area (Å²) in [6.45, 7) is 5.28. The van der Waals surface area contributed by atoms with Gasteiger partial charge in [-0.2, -0.15) is 0 Å². The van der Waals surface area contributed by atoms with Gasteiger partial charge in [0.2, 0.25) is 5.91 Å². The zero-order valence-electron chi connectivity index (χ0n) is 14.6. The van der Waals surface area contributed by atoms with Gasteiger partial charge in [0.1, 0.15) is 0 Å². The Morgan fingerprint density at radius 2 is 2.00 bits per heavy atom. The first-order chi connectivity index (χ1) is 12.2. The molecule has 2 saturated heterocycles. The first-order valence-electron chi connectivity index (χ1n) is 9.32. The van der Waals surface area contributed by atoms with E-state index in [1.54, 1.807) is 0 Å². The van der Waals surface area contributed by atoms with Crippen LogP contribution < -0.4 is 5.32 Å². The van der Waals surface area contributed by atoms with Gasteiger partial charge in [0, 0.05) is 38.8 Å². The standard InChI is InChI=1S/C19H26N4O2/c24-18(22-10-7-15-4-1-2-5-16(15)12-22)14-21-9-3-6-17(13-21)23-11-8-20-19(23)25/h1-2,4-5,17H,3,6-14H2,(H,20,25). The third-order valence-electron chi connectivity index (χ3n) is 5.65. The van der Waals surface area contributed by atoms with Crippen LogP contribution in [0, 0.1) is 0 Å². The van der Waals surface area contributed by atoms with Gasteiger partial charge in [0.25, 0.3) is 0 Å². The number of hydrogen-bond acceptors (Lipinski definition) is 3. The highest BCUT2D eigenvalue weighted by Crippen LogP contribution is 2.20. The molecule has 1 unspecified atom stereocenters. The van der Waals surface area contributed by atoms with Crippen molar-refractivity contribution in [3.05, 3.63) is 35.4 Å². The lowest BCUT2D eigenvalue weighted by Gasteiger charge is -2.38. The quantitative estimate of drug-likeness (QED) is 0.894. The topological polar surface area (TPSA) is 55.9 Å². The zero-order chi connectivity index (χ0) is 17.2. The van der Waals surface area contributed by atoms with Crippen LogP contribution in [0.5, 0.6) is 0 Å². The van der Waals surface area contributed by atoms with Gasteiger partial charge in [0.15, 0.2) is 0 Å². The lowest BCUT2D eigenvalue weighted by molar-refractivity contribution is -0.133. The van der Waals surface area contributed by atoms with Crippen molar-refractivity contribution >= 4 is 11.9 Å². The molecule has 3 aliphatic rings. The van der Waals surface area contributed by atoms with Gasteiger partial charge in [-0.05, 0) is 36.9 Å². The fourth-order valence-corrected chi connectivity index (χ4v) is 4.26. The molecule has 0 bridgehead atoms. The summed E-state index contributed by atoms with van der Waals surface area (Å²) in [5.74, 6) is 0.209. The molecule has 6 nitrogen and oxygen atoms in total. The van der Waals surface area contributed by atoms with E-state index in [1.807, 2.05) is 15.9 Å². The van der Waals surface area contributed by atoms with Crippen molar-refractivity contribution in [3.8, 4) is 0 Å². The molecule has 1 N–H and O–H groups in total. The van der Waals surface area contributed by atoms with E-state index in [9.17, 15) is 9.59 Å². The summed E-state index contributed by atoms with van der Waals surface area (Å²) in [4.78, 5) is 30.8. The minimum atomic E-state index is 0.0471. The van der Waals surface area contributed by atoms with Crippen LogP contribution in [-0.2, 0) is 17.8 Å². The summed E-state index contributed by atoms with van der Waals surface area (Å²) >= 11 is 0. The molecule has 6 heteroatoms. The SMILES string of the molecule is O=C(CN1CCCC(N2CCNC2=O)C1)N1CCc2ccccc2C1. The molecule has 0 radical (unpaired) electrons. The first kappa shape index (κ1) is 16.4. The Morgan fingerprint density at radius 1 is 1.16 bits per heavy atom. The number of amides is 3. The molecule has 2 fully saturated rings. The Bertz CT molecular complexity index is 663. The van der Waals surface area contributed by atoms with E-state index in [0.29, 0.717) is 6.54 Å². The van der Waals surface area contributed by atoms with Crippen molar-refractivity contribution in [2.45, 2.75) is 31.8 Å². The van der Waals surface area contributed by atoms with Crippen LogP contribution in [-0.4, -0.2) is 71.9 Å². The summed E-state index contributed by atoms with van der Waals surface area (Å²) in [6.07, 6.45) is 3.03. The van der Waals surface area contributed by atoms with E-state index < -0.39 is 0 Å². The Hall–Kier alpha value is -2.08. The minimum absolute atomic E-state index is 0.0471. The molecule has 3 aliphatic heterocycles. The zero-order valence-corrected chi connectivity index (χ0v) is 14.6. The van der Waals surface area contributed by atoms with E-state index in [1.165, 1.54) is 11.1 Å². The summed E-state index contributed by atoms with van der Waals surface area (Å²) in [5.41, 5.74) is 2.64. The molecular weight excluding hydrogens is 316 g/mol. The average molecular weight is 342 g/mol. The molecule has 25 heavy (non-hydrogen) atoms. The normalized spacial score (nSPS) is 24.2. The monoisotopic (exact) mass is 342 g/mol. The van der Waals surface area contributed by atoms with Crippen LogP contribution in [0.2, 0.25) is 0 Å². The van der Waals surface area contributed by atoms with E-state index in [0.717, 1.165) is 58.5 Å². The third kappa shape index (κ3) is 3.49. The van der Waals surface area contributed by atoms with Crippen molar-refractivity contribution < 1.29 is 9.59 Å². The van der Waals surface area contributed by atoms with Crippen LogP contribution in [0.25, 0.3) is 0 Å². The second-order valence-electron chi connectivity index (χ2n) is 7.29. The number of likely N-dealkylation sites (tertiary alicyclic amines) is 1. The summed E-state index contributed by atoms with van der Waals surface area (Å²) in [6, 6.07) is 8.68. The molecule has 3 heterocycles. The molecule has 1 atom stereocenters. The first-order valence-corrected chi connectivity index (χ1v) is 9.32. The second kappa shape index (κ2) is 7.04. The number of fused-ring (bicyclic) bond motifs is 1. The lowest BCUT2D eigenvalue weighted by atomic mass is 10.00. The summed E-state index contributed by atoms with van der Waals surface area (Å²) in [5, 5.41) is 2.88. The van der Waals surface area contributed by atoms with Gasteiger partial charge >= 0.3 is 6.03 Å². The number of piperidine rings is 1. The summed E-state index contributed by atoms with van der Waals surface area (Å²) in [7, 11) is 0. The fraction of sp³-hybridized carbons (Fsp3) is 0.579. The van der Waals surface area contributed by atoms with Crippen molar-refractivity contribution in [1.29, 1.82) is 0 Å². The molecule has 134 valence electrons. The Kier molecular flexibility index (Phi) is 4.61. The number of benzene rings is 1. The van der Waals surface area contributed by atoms with Gasteiger partial charge < -0.3 is 15.1 Å². The predicted octanol–water partition coefficient (Wildman–Crippen LogP) is 1.06. The van der Waals surface area contributed by atoms with Crippen LogP contribution in [0.4, 0.5) is 4.79 Å². The van der Waals surface area contributed by atoms with E-state index in [-0.39, 0.29) is 18.0 Å². The smallest absolute Gasteiger partial charge is 0.317 e. The van der Waals surface area contributed by atoms with Crippen LogP contribution >= 0.6 is 0 Å². The number of nitrogens with one attached hydrogen (secondary N) is 1. The molecule has 3 amide bonds. The summed E-state index contributed by atoms with van der Waals surface area (Å²) < 4.78 is 0. The predicted molar refractivity (Wildman–Crippen MR) is 95.1 cm³/mol. The number of carbonyl (C=O) groups excluding carboxylic acids is 2. The molecular formula is C19H26N4O2. The minimum Gasteiger partial charge on any atom is -0.337 e. The number of nitrogens with zero attached hydrogens (tertiary/aromatic N) is 3. The van der Waals surface area contributed by atoms with Crippen LogP contribution in [0.15, 0.2) is 24.3 Å². The largest absolute Gasteiger partial charge is 0.337 e. The number of carbonyl (C=O) groups is 2. The van der Waals surface area contributed by atoms with E-state index >= 15 is 0 Å². The van der Waals surface area contributed by atoms with E-state index in [2.05, 4.69) is 28.4 Å². The maximum atomic E-state index is 12.8. The van der Waals surface area contributed by atoms with Crippen molar-refractivity contribution in [2.75, 3.05) is 39.3 Å².